The zero-order valence-electron chi connectivity index (χ0n) is 23.2. The first-order valence-electron chi connectivity index (χ1n) is 14.0. The molecule has 1 N–H and O–H groups in total. The van der Waals surface area contributed by atoms with Gasteiger partial charge in [-0.15, -0.1) is 0 Å². The van der Waals surface area contributed by atoms with Gasteiger partial charge < -0.3 is 14.6 Å². The molecule has 0 fully saturated rings. The number of hydrogen-bond donors (Lipinski definition) is 1. The number of carbonyl (C=O) groups excluding carboxylic acids is 2. The number of anilines is 1. The third-order valence-corrected chi connectivity index (χ3v) is 6.87. The summed E-state index contributed by atoms with van der Waals surface area (Å²) in [6.45, 7) is 2.20. The number of furan rings is 1. The van der Waals surface area contributed by atoms with Crippen LogP contribution in [0.15, 0.2) is 114 Å². The fourth-order valence-corrected chi connectivity index (χ4v) is 4.71. The number of benzene rings is 3. The maximum atomic E-state index is 13.6. The summed E-state index contributed by atoms with van der Waals surface area (Å²) in [7, 11) is 0. The topological polar surface area (TPSA) is 80.4 Å². The first-order chi connectivity index (χ1) is 20.1. The zero-order valence-corrected chi connectivity index (χ0v) is 23.2. The molecule has 0 radical (unpaired) electrons. The van der Waals surface area contributed by atoms with Crippen LogP contribution in [0, 0.1) is 0 Å². The van der Waals surface area contributed by atoms with Gasteiger partial charge in [0.1, 0.15) is 18.1 Å². The fraction of sp³-hybridized carbons (Fsp3) is 0.206. The van der Waals surface area contributed by atoms with Crippen LogP contribution in [0.25, 0.3) is 16.9 Å². The summed E-state index contributed by atoms with van der Waals surface area (Å²) in [6, 6.07) is 32.5. The normalized spacial score (nSPS) is 10.9. The van der Waals surface area contributed by atoms with E-state index < -0.39 is 0 Å². The van der Waals surface area contributed by atoms with E-state index in [1.807, 2.05) is 91.0 Å². The molecule has 41 heavy (non-hydrogen) atoms. The Morgan fingerprint density at radius 2 is 1.61 bits per heavy atom. The van der Waals surface area contributed by atoms with Crippen LogP contribution in [-0.2, 0) is 17.8 Å². The van der Waals surface area contributed by atoms with Crippen LogP contribution in [0.3, 0.4) is 0 Å². The SMILES string of the molecule is CCCCCc1ccc(C(=O)N(CC(=O)Nc2cc(-c3ccccc3)nn2-c2ccccc2)Cc2ccco2)cc1. The second-order valence-electron chi connectivity index (χ2n) is 9.97. The molecule has 0 atom stereocenters. The lowest BCUT2D eigenvalue weighted by Crippen LogP contribution is -2.37. The Morgan fingerprint density at radius 1 is 0.878 bits per heavy atom. The molecule has 0 aliphatic rings. The van der Waals surface area contributed by atoms with Crippen LogP contribution < -0.4 is 5.32 Å². The summed E-state index contributed by atoms with van der Waals surface area (Å²) < 4.78 is 7.22. The van der Waals surface area contributed by atoms with Crippen molar-refractivity contribution in [2.75, 3.05) is 11.9 Å². The van der Waals surface area contributed by atoms with Gasteiger partial charge in [0, 0.05) is 17.2 Å². The minimum Gasteiger partial charge on any atom is -0.467 e. The van der Waals surface area contributed by atoms with E-state index in [1.165, 1.54) is 23.3 Å². The number of unbranched alkanes of at least 4 members (excludes halogenated alkanes) is 2. The maximum Gasteiger partial charge on any atom is 0.254 e. The van der Waals surface area contributed by atoms with Gasteiger partial charge in [-0.1, -0.05) is 80.4 Å². The average Bonchev–Trinajstić information content (AvgIpc) is 3.68. The van der Waals surface area contributed by atoms with Crippen molar-refractivity contribution in [3.8, 4) is 16.9 Å². The van der Waals surface area contributed by atoms with Gasteiger partial charge in [0.2, 0.25) is 5.91 Å². The van der Waals surface area contributed by atoms with Crippen LogP contribution in [0.5, 0.6) is 0 Å². The van der Waals surface area contributed by atoms with Crippen molar-refractivity contribution < 1.29 is 14.0 Å². The Bertz CT molecular complexity index is 1540. The third-order valence-electron chi connectivity index (χ3n) is 6.87. The highest BCUT2D eigenvalue weighted by Gasteiger charge is 2.22. The highest BCUT2D eigenvalue weighted by molar-refractivity contribution is 5.99. The van der Waals surface area contributed by atoms with Crippen LogP contribution >= 0.6 is 0 Å². The molecule has 2 aromatic heterocycles. The lowest BCUT2D eigenvalue weighted by Gasteiger charge is -2.21. The van der Waals surface area contributed by atoms with E-state index in [1.54, 1.807) is 23.1 Å². The molecule has 5 aromatic rings. The summed E-state index contributed by atoms with van der Waals surface area (Å²) in [5.74, 6) is 0.542. The van der Waals surface area contributed by atoms with E-state index in [4.69, 9.17) is 9.52 Å². The quantitative estimate of drug-likeness (QED) is 0.169. The molecule has 2 amide bonds. The first-order valence-corrected chi connectivity index (χ1v) is 14.0. The van der Waals surface area contributed by atoms with Crippen molar-refractivity contribution >= 4 is 17.6 Å². The molecule has 3 aromatic carbocycles. The predicted molar refractivity (Wildman–Crippen MR) is 161 cm³/mol. The monoisotopic (exact) mass is 546 g/mol. The van der Waals surface area contributed by atoms with Crippen LogP contribution in [0.1, 0.15) is 47.9 Å². The van der Waals surface area contributed by atoms with Gasteiger partial charge >= 0.3 is 0 Å². The average molecular weight is 547 g/mol. The van der Waals surface area contributed by atoms with E-state index in [0.717, 1.165) is 29.8 Å². The summed E-state index contributed by atoms with van der Waals surface area (Å²) in [5.41, 5.74) is 4.21. The van der Waals surface area contributed by atoms with Crippen molar-refractivity contribution in [2.24, 2.45) is 0 Å². The number of para-hydroxylation sites is 1. The Morgan fingerprint density at radius 3 is 2.29 bits per heavy atom. The fourth-order valence-electron chi connectivity index (χ4n) is 4.71. The molecule has 2 heterocycles. The van der Waals surface area contributed by atoms with Crippen LogP contribution in [0.4, 0.5) is 5.82 Å². The number of aryl methyl sites for hydroxylation is 1. The zero-order chi connectivity index (χ0) is 28.4. The molecular formula is C34H34N4O3. The molecule has 0 aliphatic heterocycles. The summed E-state index contributed by atoms with van der Waals surface area (Å²) >= 11 is 0. The van der Waals surface area contributed by atoms with E-state index in [9.17, 15) is 9.59 Å². The minimum absolute atomic E-state index is 0.154. The molecular weight excluding hydrogens is 512 g/mol. The predicted octanol–water partition coefficient (Wildman–Crippen LogP) is 7.15. The summed E-state index contributed by atoms with van der Waals surface area (Å²) in [6.07, 6.45) is 6.02. The van der Waals surface area contributed by atoms with E-state index in [2.05, 4.69) is 12.2 Å². The Labute approximate surface area is 240 Å². The lowest BCUT2D eigenvalue weighted by molar-refractivity contribution is -0.117. The molecule has 0 spiro atoms. The van der Waals surface area contributed by atoms with E-state index >= 15 is 0 Å². The maximum absolute atomic E-state index is 13.6. The van der Waals surface area contributed by atoms with Crippen molar-refractivity contribution in [1.82, 2.24) is 14.7 Å². The van der Waals surface area contributed by atoms with Crippen LogP contribution in [0.2, 0.25) is 0 Å². The van der Waals surface area contributed by atoms with E-state index in [0.29, 0.717) is 17.1 Å². The second kappa shape index (κ2) is 13.4. The number of aromatic nitrogens is 2. The van der Waals surface area contributed by atoms with E-state index in [-0.39, 0.29) is 24.9 Å². The van der Waals surface area contributed by atoms with Gasteiger partial charge in [0.05, 0.1) is 24.2 Å². The number of amides is 2. The number of carbonyl (C=O) groups is 2. The van der Waals surface area contributed by atoms with Crippen molar-refractivity contribution in [2.45, 2.75) is 39.2 Å². The smallest absolute Gasteiger partial charge is 0.254 e. The Kier molecular flexibility index (Phi) is 9.06. The summed E-state index contributed by atoms with van der Waals surface area (Å²) in [4.78, 5) is 28.5. The molecule has 0 unspecified atom stereocenters. The number of nitrogens with zero attached hydrogens (tertiary/aromatic N) is 3. The molecule has 7 nitrogen and oxygen atoms in total. The van der Waals surface area contributed by atoms with Gasteiger partial charge in [0.15, 0.2) is 0 Å². The minimum atomic E-state index is -0.335. The third kappa shape index (κ3) is 7.19. The highest BCUT2D eigenvalue weighted by atomic mass is 16.3. The van der Waals surface area contributed by atoms with Crippen molar-refractivity contribution in [1.29, 1.82) is 0 Å². The number of hydrogen-bond acceptors (Lipinski definition) is 4. The van der Waals surface area contributed by atoms with Crippen LogP contribution in [-0.4, -0.2) is 33.0 Å². The van der Waals surface area contributed by atoms with Gasteiger partial charge in [0.25, 0.3) is 5.91 Å². The molecule has 208 valence electrons. The molecule has 0 aliphatic carbocycles. The standard InChI is InChI=1S/C34H34N4O3/c1-2-3-6-12-26-18-20-28(21-19-26)34(40)37(24-30-17-11-22-41-30)25-33(39)35-32-23-31(27-13-7-4-8-14-27)36-38(32)29-15-9-5-10-16-29/h4-5,7-11,13-23H,2-3,6,12,24-25H2,1H3,(H,35,39). The highest BCUT2D eigenvalue weighted by Crippen LogP contribution is 2.25. The van der Waals surface area contributed by atoms with Gasteiger partial charge in [-0.05, 0) is 54.8 Å². The Hall–Kier alpha value is -4.91. The summed E-state index contributed by atoms with van der Waals surface area (Å²) in [5, 5.41) is 7.76. The molecule has 0 saturated carbocycles. The largest absolute Gasteiger partial charge is 0.467 e. The molecule has 5 rings (SSSR count). The number of rotatable bonds is 12. The van der Waals surface area contributed by atoms with Crippen molar-refractivity contribution in [3.05, 3.63) is 126 Å². The lowest BCUT2D eigenvalue weighted by atomic mass is 10.0. The van der Waals surface area contributed by atoms with Crippen molar-refractivity contribution in [3.63, 3.8) is 0 Å². The second-order valence-corrected chi connectivity index (χ2v) is 9.97. The van der Waals surface area contributed by atoms with Gasteiger partial charge in [-0.2, -0.15) is 5.10 Å². The Balaban J connectivity index is 1.36. The first kappa shape index (κ1) is 27.6. The van der Waals surface area contributed by atoms with Gasteiger partial charge in [-0.25, -0.2) is 4.68 Å². The molecule has 0 saturated heterocycles. The number of nitrogens with one attached hydrogen (secondary N) is 1. The molecule has 0 bridgehead atoms. The molecule has 7 heteroatoms. The van der Waals surface area contributed by atoms with Gasteiger partial charge in [-0.3, -0.25) is 9.59 Å².